The largest absolute Gasteiger partial charge is 0.504 e. The average molecular weight is 260 g/mol. The molecule has 5 nitrogen and oxygen atoms in total. The van der Waals surface area contributed by atoms with E-state index in [9.17, 15) is 9.90 Å². The van der Waals surface area contributed by atoms with Crippen LogP contribution < -0.4 is 4.74 Å². The molecule has 2 rings (SSSR count). The van der Waals surface area contributed by atoms with Crippen LogP contribution in [-0.2, 0) is 7.05 Å². The van der Waals surface area contributed by atoms with Gasteiger partial charge in [-0.2, -0.15) is 5.10 Å². The summed E-state index contributed by atoms with van der Waals surface area (Å²) in [5, 5.41) is 14.2. The van der Waals surface area contributed by atoms with Crippen molar-refractivity contribution in [3.63, 3.8) is 0 Å². The highest BCUT2D eigenvalue weighted by Gasteiger charge is 2.16. The first-order valence-corrected chi connectivity index (χ1v) is 5.86. The van der Waals surface area contributed by atoms with Gasteiger partial charge in [0.1, 0.15) is 0 Å². The first kappa shape index (κ1) is 13.1. The van der Waals surface area contributed by atoms with Crippen molar-refractivity contribution in [2.45, 2.75) is 13.8 Å². The highest BCUT2D eigenvalue weighted by molar-refractivity contribution is 5.85. The number of carbonyl (C=O) groups excluding carboxylic acids is 1. The first-order chi connectivity index (χ1) is 8.99. The Morgan fingerprint density at radius 1 is 1.37 bits per heavy atom. The highest BCUT2D eigenvalue weighted by Crippen LogP contribution is 2.36. The van der Waals surface area contributed by atoms with Crippen molar-refractivity contribution in [1.29, 1.82) is 0 Å². The van der Waals surface area contributed by atoms with Gasteiger partial charge in [0.25, 0.3) is 0 Å². The molecule has 0 atom stereocenters. The molecule has 1 aromatic heterocycles. The molecule has 0 saturated carbocycles. The number of aromatic nitrogens is 2. The van der Waals surface area contributed by atoms with Gasteiger partial charge in [0.05, 0.1) is 18.4 Å². The Labute approximate surface area is 111 Å². The summed E-state index contributed by atoms with van der Waals surface area (Å²) in [4.78, 5) is 11.0. The molecule has 0 saturated heterocycles. The summed E-state index contributed by atoms with van der Waals surface area (Å²) >= 11 is 0. The van der Waals surface area contributed by atoms with Gasteiger partial charge in [0.2, 0.25) is 0 Å². The number of hydrogen-bond donors (Lipinski definition) is 1. The van der Waals surface area contributed by atoms with Crippen molar-refractivity contribution in [3.05, 3.63) is 29.1 Å². The third kappa shape index (κ3) is 2.07. The highest BCUT2D eigenvalue weighted by atomic mass is 16.5. The maximum Gasteiger partial charge on any atom is 0.168 e. The second kappa shape index (κ2) is 4.76. The molecule has 5 heteroatoms. The molecule has 19 heavy (non-hydrogen) atoms. The fourth-order valence-corrected chi connectivity index (χ4v) is 2.21. The lowest BCUT2D eigenvalue weighted by molar-refractivity contribution is 0.112. The fourth-order valence-electron chi connectivity index (χ4n) is 2.21. The fraction of sp³-hybridized carbons (Fsp3) is 0.286. The molecule has 0 spiro atoms. The third-order valence-corrected chi connectivity index (χ3v) is 3.25. The molecular weight excluding hydrogens is 244 g/mol. The van der Waals surface area contributed by atoms with Crippen LogP contribution in [0.2, 0.25) is 0 Å². The number of aryl methyl sites for hydroxylation is 2. The summed E-state index contributed by atoms with van der Waals surface area (Å²) in [6.45, 7) is 3.86. The van der Waals surface area contributed by atoms with Crippen LogP contribution in [0.3, 0.4) is 0 Å². The minimum absolute atomic E-state index is 0.138. The number of nitrogens with zero attached hydrogens (tertiary/aromatic N) is 2. The lowest BCUT2D eigenvalue weighted by Crippen LogP contribution is -1.94. The Kier molecular flexibility index (Phi) is 3.29. The number of hydrogen-bond acceptors (Lipinski definition) is 4. The van der Waals surface area contributed by atoms with Crippen molar-refractivity contribution >= 4 is 6.29 Å². The second-order valence-electron chi connectivity index (χ2n) is 4.40. The summed E-state index contributed by atoms with van der Waals surface area (Å²) in [5.74, 6) is 0.141. The number of methoxy groups -OCH3 is 1. The van der Waals surface area contributed by atoms with Gasteiger partial charge in [-0.15, -0.1) is 0 Å². The van der Waals surface area contributed by atoms with E-state index in [1.165, 1.54) is 7.11 Å². The minimum Gasteiger partial charge on any atom is -0.504 e. The zero-order valence-corrected chi connectivity index (χ0v) is 11.4. The van der Waals surface area contributed by atoms with E-state index in [1.54, 1.807) is 16.8 Å². The number of rotatable bonds is 3. The molecule has 0 fully saturated rings. The number of aldehydes is 1. The summed E-state index contributed by atoms with van der Waals surface area (Å²) in [5.41, 5.74) is 3.81. The van der Waals surface area contributed by atoms with Crippen LogP contribution >= 0.6 is 0 Å². The average Bonchev–Trinajstić information content (AvgIpc) is 2.64. The Bertz CT molecular complexity index is 645. The molecule has 1 heterocycles. The Balaban J connectivity index is 2.72. The van der Waals surface area contributed by atoms with Crippen LogP contribution in [0.5, 0.6) is 11.5 Å². The van der Waals surface area contributed by atoms with Gasteiger partial charge in [-0.05, 0) is 31.5 Å². The second-order valence-corrected chi connectivity index (χ2v) is 4.40. The molecule has 0 aliphatic rings. The van der Waals surface area contributed by atoms with E-state index >= 15 is 0 Å². The van der Waals surface area contributed by atoms with Crippen LogP contribution in [-0.4, -0.2) is 28.3 Å². The molecule has 1 N–H and O–H groups in total. The number of phenolic OH excluding ortho intramolecular Hbond substituents is 1. The van der Waals surface area contributed by atoms with Gasteiger partial charge < -0.3 is 9.84 Å². The van der Waals surface area contributed by atoms with E-state index in [1.807, 2.05) is 20.9 Å². The lowest BCUT2D eigenvalue weighted by Gasteiger charge is -2.09. The maximum absolute atomic E-state index is 11.0. The lowest BCUT2D eigenvalue weighted by atomic mass is 10.0. The topological polar surface area (TPSA) is 64.4 Å². The van der Waals surface area contributed by atoms with Crippen LogP contribution in [0.4, 0.5) is 0 Å². The monoisotopic (exact) mass is 260 g/mol. The number of aromatic hydroxyl groups is 1. The van der Waals surface area contributed by atoms with E-state index in [4.69, 9.17) is 4.74 Å². The molecular formula is C14H16N2O3. The zero-order chi connectivity index (χ0) is 14.2. The summed E-state index contributed by atoms with van der Waals surface area (Å²) in [6.07, 6.45) is 0.613. The van der Waals surface area contributed by atoms with E-state index < -0.39 is 0 Å². The van der Waals surface area contributed by atoms with E-state index in [2.05, 4.69) is 5.10 Å². The summed E-state index contributed by atoms with van der Waals surface area (Å²) in [6, 6.07) is 3.35. The van der Waals surface area contributed by atoms with Crippen molar-refractivity contribution in [1.82, 2.24) is 9.78 Å². The van der Waals surface area contributed by atoms with Gasteiger partial charge in [-0.3, -0.25) is 9.48 Å². The Hall–Kier alpha value is -2.30. The maximum atomic E-state index is 11.0. The zero-order valence-electron chi connectivity index (χ0n) is 11.4. The number of benzene rings is 1. The van der Waals surface area contributed by atoms with Crippen molar-refractivity contribution in [2.24, 2.45) is 7.05 Å². The van der Waals surface area contributed by atoms with Crippen molar-refractivity contribution in [3.8, 4) is 22.6 Å². The number of phenols is 1. The Morgan fingerprint density at radius 3 is 2.53 bits per heavy atom. The molecule has 0 bridgehead atoms. The standard InChI is InChI=1S/C14H16N2O3/c1-8-13(9(2)16(3)15-8)10-5-11(7-17)14(18)12(6-10)19-4/h5-7,18H,1-4H3. The van der Waals surface area contributed by atoms with Crippen molar-refractivity contribution in [2.75, 3.05) is 7.11 Å². The van der Waals surface area contributed by atoms with E-state index in [0.717, 1.165) is 22.5 Å². The summed E-state index contributed by atoms with van der Waals surface area (Å²) in [7, 11) is 3.32. The predicted molar refractivity (Wildman–Crippen MR) is 71.7 cm³/mol. The minimum atomic E-state index is -0.138. The van der Waals surface area contributed by atoms with Gasteiger partial charge >= 0.3 is 0 Å². The SMILES string of the molecule is COc1cc(-c2c(C)nn(C)c2C)cc(C=O)c1O. The van der Waals surface area contributed by atoms with Gasteiger partial charge in [0, 0.05) is 18.3 Å². The normalized spacial score (nSPS) is 10.5. The summed E-state index contributed by atoms with van der Waals surface area (Å²) < 4.78 is 6.88. The van der Waals surface area contributed by atoms with Gasteiger partial charge in [-0.25, -0.2) is 0 Å². The van der Waals surface area contributed by atoms with Gasteiger partial charge in [-0.1, -0.05) is 0 Å². The van der Waals surface area contributed by atoms with Crippen LogP contribution in [0.25, 0.3) is 11.1 Å². The van der Waals surface area contributed by atoms with Crippen LogP contribution in [0.15, 0.2) is 12.1 Å². The Morgan fingerprint density at radius 2 is 2.05 bits per heavy atom. The number of ether oxygens (including phenoxy) is 1. The molecule has 1 aromatic carbocycles. The smallest absolute Gasteiger partial charge is 0.168 e. The van der Waals surface area contributed by atoms with Crippen LogP contribution in [0.1, 0.15) is 21.7 Å². The predicted octanol–water partition coefficient (Wildman–Crippen LogP) is 2.23. The first-order valence-electron chi connectivity index (χ1n) is 5.86. The molecule has 0 radical (unpaired) electrons. The molecule has 0 amide bonds. The molecule has 2 aromatic rings. The van der Waals surface area contributed by atoms with Gasteiger partial charge in [0.15, 0.2) is 17.8 Å². The molecule has 0 unspecified atom stereocenters. The molecule has 100 valence electrons. The third-order valence-electron chi connectivity index (χ3n) is 3.25. The van der Waals surface area contributed by atoms with Crippen molar-refractivity contribution < 1.29 is 14.6 Å². The van der Waals surface area contributed by atoms with E-state index in [0.29, 0.717) is 6.29 Å². The van der Waals surface area contributed by atoms with Crippen LogP contribution in [0, 0.1) is 13.8 Å². The molecule has 0 aliphatic heterocycles. The van der Waals surface area contributed by atoms with E-state index in [-0.39, 0.29) is 17.1 Å². The number of carbonyl (C=O) groups is 1. The quantitative estimate of drug-likeness (QED) is 0.859. The molecule has 0 aliphatic carbocycles.